The summed E-state index contributed by atoms with van der Waals surface area (Å²) in [7, 11) is 0. The second kappa shape index (κ2) is 4.60. The van der Waals surface area contributed by atoms with E-state index in [2.05, 4.69) is 10.1 Å². The lowest BCUT2D eigenvalue weighted by Gasteiger charge is -2.25. The van der Waals surface area contributed by atoms with Gasteiger partial charge in [0.1, 0.15) is 5.76 Å². The van der Waals surface area contributed by atoms with Gasteiger partial charge in [-0.25, -0.2) is 0 Å². The van der Waals surface area contributed by atoms with Crippen molar-refractivity contribution in [2.24, 2.45) is 0 Å². The molecule has 0 saturated carbocycles. The molecule has 2 heterocycles. The van der Waals surface area contributed by atoms with Crippen LogP contribution in [0.3, 0.4) is 0 Å². The average molecular weight is 194 g/mol. The maximum Gasteiger partial charge on any atom is 0.133 e. The van der Waals surface area contributed by atoms with Crippen molar-refractivity contribution in [3.8, 4) is 0 Å². The van der Waals surface area contributed by atoms with Gasteiger partial charge in [-0.15, -0.1) is 0 Å². The van der Waals surface area contributed by atoms with Gasteiger partial charge in [0, 0.05) is 19.0 Å². The first-order valence-corrected chi connectivity index (χ1v) is 5.49. The number of likely N-dealkylation sites (tertiary alicyclic amines) is 1. The standard InChI is InChI=1S/C11H18N2O/c1-10-9-11(12-14-10)5-8-13-6-3-2-4-7-13/h9H,2-8H2,1H3. The summed E-state index contributed by atoms with van der Waals surface area (Å²) in [5.41, 5.74) is 1.09. The van der Waals surface area contributed by atoms with Gasteiger partial charge in [-0.2, -0.15) is 0 Å². The lowest BCUT2D eigenvalue weighted by atomic mass is 10.1. The summed E-state index contributed by atoms with van der Waals surface area (Å²) in [6.45, 7) is 5.59. The van der Waals surface area contributed by atoms with Gasteiger partial charge >= 0.3 is 0 Å². The summed E-state index contributed by atoms with van der Waals surface area (Å²) in [5.74, 6) is 0.915. The van der Waals surface area contributed by atoms with Crippen molar-refractivity contribution in [3.05, 3.63) is 17.5 Å². The summed E-state index contributed by atoms with van der Waals surface area (Å²) >= 11 is 0. The van der Waals surface area contributed by atoms with Crippen molar-refractivity contribution < 1.29 is 4.52 Å². The van der Waals surface area contributed by atoms with Gasteiger partial charge in [0.2, 0.25) is 0 Å². The molecule has 1 aromatic rings. The van der Waals surface area contributed by atoms with Gasteiger partial charge in [0.05, 0.1) is 5.69 Å². The molecular formula is C11H18N2O. The second-order valence-corrected chi connectivity index (χ2v) is 4.08. The molecule has 0 N–H and O–H groups in total. The van der Waals surface area contributed by atoms with Gasteiger partial charge in [-0.1, -0.05) is 11.6 Å². The molecule has 0 aromatic carbocycles. The number of piperidine rings is 1. The van der Waals surface area contributed by atoms with Crippen molar-refractivity contribution in [3.63, 3.8) is 0 Å². The molecule has 1 saturated heterocycles. The quantitative estimate of drug-likeness (QED) is 0.737. The third-order valence-electron chi connectivity index (χ3n) is 2.81. The fourth-order valence-corrected chi connectivity index (χ4v) is 1.99. The largest absolute Gasteiger partial charge is 0.361 e. The summed E-state index contributed by atoms with van der Waals surface area (Å²) in [5, 5.41) is 4.00. The highest BCUT2D eigenvalue weighted by molar-refractivity contribution is 5.03. The molecule has 78 valence electrons. The van der Waals surface area contributed by atoms with Gasteiger partial charge < -0.3 is 9.42 Å². The number of rotatable bonds is 3. The lowest BCUT2D eigenvalue weighted by Crippen LogP contribution is -2.31. The first kappa shape index (κ1) is 9.71. The number of nitrogens with zero attached hydrogens (tertiary/aromatic N) is 2. The molecular weight excluding hydrogens is 176 g/mol. The van der Waals surface area contributed by atoms with E-state index >= 15 is 0 Å². The van der Waals surface area contributed by atoms with E-state index in [0.29, 0.717) is 0 Å². The van der Waals surface area contributed by atoms with Gasteiger partial charge in [0.15, 0.2) is 0 Å². The van der Waals surface area contributed by atoms with Crippen LogP contribution in [0.25, 0.3) is 0 Å². The molecule has 1 fully saturated rings. The van der Waals surface area contributed by atoms with Crippen LogP contribution in [0.15, 0.2) is 10.6 Å². The van der Waals surface area contributed by atoms with Crippen LogP contribution in [0.4, 0.5) is 0 Å². The Morgan fingerprint density at radius 2 is 2.14 bits per heavy atom. The molecule has 3 heteroatoms. The smallest absolute Gasteiger partial charge is 0.133 e. The third kappa shape index (κ3) is 2.58. The molecule has 0 spiro atoms. The van der Waals surface area contributed by atoms with E-state index in [-0.39, 0.29) is 0 Å². The number of aromatic nitrogens is 1. The molecule has 2 rings (SSSR count). The minimum Gasteiger partial charge on any atom is -0.361 e. The summed E-state index contributed by atoms with van der Waals surface area (Å²) in [4.78, 5) is 2.52. The third-order valence-corrected chi connectivity index (χ3v) is 2.81. The summed E-state index contributed by atoms with van der Waals surface area (Å²) in [6.07, 6.45) is 5.15. The SMILES string of the molecule is Cc1cc(CCN2CCCCC2)no1. The van der Waals surface area contributed by atoms with Crippen molar-refractivity contribution in [1.82, 2.24) is 10.1 Å². The zero-order valence-electron chi connectivity index (χ0n) is 8.83. The van der Waals surface area contributed by atoms with Crippen LogP contribution in [0.5, 0.6) is 0 Å². The molecule has 0 radical (unpaired) electrons. The van der Waals surface area contributed by atoms with E-state index in [4.69, 9.17) is 4.52 Å². The number of aryl methyl sites for hydroxylation is 1. The van der Waals surface area contributed by atoms with Crippen molar-refractivity contribution in [1.29, 1.82) is 0 Å². The van der Waals surface area contributed by atoms with E-state index in [9.17, 15) is 0 Å². The highest BCUT2D eigenvalue weighted by Crippen LogP contribution is 2.10. The van der Waals surface area contributed by atoms with Crippen LogP contribution < -0.4 is 0 Å². The fourth-order valence-electron chi connectivity index (χ4n) is 1.99. The Morgan fingerprint density at radius 3 is 2.79 bits per heavy atom. The maximum atomic E-state index is 5.04. The highest BCUT2D eigenvalue weighted by Gasteiger charge is 2.10. The van der Waals surface area contributed by atoms with E-state index in [0.717, 1.165) is 24.4 Å². The maximum absolute atomic E-state index is 5.04. The second-order valence-electron chi connectivity index (χ2n) is 4.08. The van der Waals surface area contributed by atoms with Crippen LogP contribution in [0.2, 0.25) is 0 Å². The molecule has 0 atom stereocenters. The van der Waals surface area contributed by atoms with E-state index in [1.165, 1.54) is 32.4 Å². The predicted molar refractivity (Wildman–Crippen MR) is 55.2 cm³/mol. The summed E-state index contributed by atoms with van der Waals surface area (Å²) in [6, 6.07) is 2.03. The molecule has 0 bridgehead atoms. The van der Waals surface area contributed by atoms with Gasteiger partial charge in [0.25, 0.3) is 0 Å². The molecule has 14 heavy (non-hydrogen) atoms. The van der Waals surface area contributed by atoms with Crippen molar-refractivity contribution in [2.45, 2.75) is 32.6 Å². The van der Waals surface area contributed by atoms with Crippen molar-refractivity contribution >= 4 is 0 Å². The molecule has 0 aliphatic carbocycles. The van der Waals surface area contributed by atoms with Gasteiger partial charge in [-0.3, -0.25) is 0 Å². The number of hydrogen-bond acceptors (Lipinski definition) is 3. The van der Waals surface area contributed by atoms with Gasteiger partial charge in [-0.05, 0) is 32.9 Å². The first-order valence-electron chi connectivity index (χ1n) is 5.49. The molecule has 1 aromatic heterocycles. The zero-order chi connectivity index (χ0) is 9.80. The van der Waals surface area contributed by atoms with Crippen LogP contribution >= 0.6 is 0 Å². The fraction of sp³-hybridized carbons (Fsp3) is 0.727. The van der Waals surface area contributed by atoms with E-state index in [1.807, 2.05) is 13.0 Å². The topological polar surface area (TPSA) is 29.3 Å². The molecule has 3 nitrogen and oxygen atoms in total. The Bertz CT molecular complexity index is 277. The average Bonchev–Trinajstić information content (AvgIpc) is 2.63. The number of hydrogen-bond donors (Lipinski definition) is 0. The lowest BCUT2D eigenvalue weighted by molar-refractivity contribution is 0.230. The normalized spacial score (nSPS) is 18.6. The minimum atomic E-state index is 0.915. The highest BCUT2D eigenvalue weighted by atomic mass is 16.5. The van der Waals surface area contributed by atoms with Crippen LogP contribution in [-0.2, 0) is 6.42 Å². The Balaban J connectivity index is 1.76. The Morgan fingerprint density at radius 1 is 1.36 bits per heavy atom. The Kier molecular flexibility index (Phi) is 3.19. The minimum absolute atomic E-state index is 0.915. The van der Waals surface area contributed by atoms with Crippen LogP contribution in [0.1, 0.15) is 30.7 Å². The van der Waals surface area contributed by atoms with Crippen molar-refractivity contribution in [2.75, 3.05) is 19.6 Å². The molecule has 0 amide bonds. The van der Waals surface area contributed by atoms with E-state index < -0.39 is 0 Å². The Hall–Kier alpha value is -0.830. The van der Waals surface area contributed by atoms with E-state index in [1.54, 1.807) is 0 Å². The zero-order valence-corrected chi connectivity index (χ0v) is 8.83. The summed E-state index contributed by atoms with van der Waals surface area (Å²) < 4.78 is 5.04. The molecule has 0 unspecified atom stereocenters. The molecule has 1 aliphatic rings. The Labute approximate surface area is 85.1 Å². The van der Waals surface area contributed by atoms with Crippen LogP contribution in [-0.4, -0.2) is 29.7 Å². The predicted octanol–water partition coefficient (Wildman–Crippen LogP) is 2.01. The first-order chi connectivity index (χ1) is 6.84. The van der Waals surface area contributed by atoms with Crippen LogP contribution in [0, 0.1) is 6.92 Å². The molecule has 1 aliphatic heterocycles. The monoisotopic (exact) mass is 194 g/mol.